The highest BCUT2D eigenvalue weighted by molar-refractivity contribution is 6.30. The van der Waals surface area contributed by atoms with Crippen LogP contribution in [0.4, 0.5) is 4.39 Å². The molecule has 0 spiro atoms. The summed E-state index contributed by atoms with van der Waals surface area (Å²) in [4.78, 5) is 0. The predicted molar refractivity (Wildman–Crippen MR) is 63.6 cm³/mol. The van der Waals surface area contributed by atoms with Crippen LogP contribution in [0.25, 0.3) is 6.08 Å². The Bertz CT molecular complexity index is 336. The van der Waals surface area contributed by atoms with Gasteiger partial charge >= 0.3 is 0 Å². The highest BCUT2D eigenvalue weighted by Gasteiger charge is 1.98. The Morgan fingerprint density at radius 3 is 2.93 bits per heavy atom. The highest BCUT2D eigenvalue weighted by Crippen LogP contribution is 2.15. The summed E-state index contributed by atoms with van der Waals surface area (Å²) in [5.41, 5.74) is 0.567. The van der Waals surface area contributed by atoms with Crippen molar-refractivity contribution in [3.05, 3.63) is 40.7 Å². The van der Waals surface area contributed by atoms with Crippen LogP contribution in [0, 0.1) is 5.82 Å². The van der Waals surface area contributed by atoms with E-state index in [0.29, 0.717) is 10.6 Å². The fourth-order valence-electron chi connectivity index (χ4n) is 1.18. The summed E-state index contributed by atoms with van der Waals surface area (Å²) in [6.45, 7) is 3.85. The Hall–Kier alpha value is -0.860. The normalized spacial score (nSPS) is 11.1. The third kappa shape index (κ3) is 4.45. The van der Waals surface area contributed by atoms with Gasteiger partial charge in [0.1, 0.15) is 5.82 Å². The van der Waals surface area contributed by atoms with Crippen molar-refractivity contribution in [2.24, 2.45) is 0 Å². The molecule has 1 rings (SSSR count). The molecule has 0 amide bonds. The molecule has 0 unspecified atom stereocenters. The zero-order valence-electron chi connectivity index (χ0n) is 8.76. The largest absolute Gasteiger partial charge is 0.313 e. The standard InChI is InChI=1S/C12H15ClFN/c1-2-7-15-8-3-4-10-5-6-11(13)9-12(10)14/h3-6,9,15H,2,7-8H2,1H3/b4-3+. The second-order valence-electron chi connectivity index (χ2n) is 3.27. The molecule has 0 atom stereocenters. The van der Waals surface area contributed by atoms with Crippen LogP contribution < -0.4 is 5.32 Å². The van der Waals surface area contributed by atoms with Gasteiger partial charge in [0.05, 0.1) is 0 Å². The molecule has 0 bridgehead atoms. The van der Waals surface area contributed by atoms with E-state index in [1.807, 2.05) is 6.08 Å². The van der Waals surface area contributed by atoms with Gasteiger partial charge in [-0.25, -0.2) is 4.39 Å². The van der Waals surface area contributed by atoms with Crippen molar-refractivity contribution in [1.82, 2.24) is 5.32 Å². The Morgan fingerprint density at radius 1 is 1.47 bits per heavy atom. The summed E-state index contributed by atoms with van der Waals surface area (Å²) in [6, 6.07) is 4.68. The van der Waals surface area contributed by atoms with E-state index in [1.54, 1.807) is 18.2 Å². The molecule has 0 aliphatic carbocycles. The monoisotopic (exact) mass is 227 g/mol. The fourth-order valence-corrected chi connectivity index (χ4v) is 1.34. The summed E-state index contributed by atoms with van der Waals surface area (Å²) >= 11 is 5.64. The first-order valence-electron chi connectivity index (χ1n) is 5.06. The van der Waals surface area contributed by atoms with E-state index in [1.165, 1.54) is 6.07 Å². The fraction of sp³-hybridized carbons (Fsp3) is 0.333. The molecule has 0 aliphatic rings. The average Bonchev–Trinajstić information content (AvgIpc) is 2.20. The average molecular weight is 228 g/mol. The molecule has 0 aromatic heterocycles. The van der Waals surface area contributed by atoms with Gasteiger partial charge in [-0.05, 0) is 25.1 Å². The maximum Gasteiger partial charge on any atom is 0.131 e. The van der Waals surface area contributed by atoms with Crippen molar-refractivity contribution >= 4 is 17.7 Å². The molecule has 1 nitrogen and oxygen atoms in total. The van der Waals surface area contributed by atoms with E-state index in [2.05, 4.69) is 12.2 Å². The van der Waals surface area contributed by atoms with Gasteiger partial charge in [-0.3, -0.25) is 0 Å². The summed E-state index contributed by atoms with van der Waals surface area (Å²) < 4.78 is 13.3. The Kier molecular flexibility index (Phi) is 5.37. The van der Waals surface area contributed by atoms with Crippen LogP contribution in [0.15, 0.2) is 24.3 Å². The van der Waals surface area contributed by atoms with Crippen LogP contribution in [0.5, 0.6) is 0 Å². The molecule has 82 valence electrons. The maximum absolute atomic E-state index is 13.3. The van der Waals surface area contributed by atoms with Gasteiger partial charge in [-0.15, -0.1) is 0 Å². The van der Waals surface area contributed by atoms with Crippen LogP contribution in [-0.4, -0.2) is 13.1 Å². The van der Waals surface area contributed by atoms with E-state index >= 15 is 0 Å². The molecule has 0 saturated carbocycles. The number of halogens is 2. The van der Waals surface area contributed by atoms with E-state index in [9.17, 15) is 4.39 Å². The van der Waals surface area contributed by atoms with Crippen molar-refractivity contribution < 1.29 is 4.39 Å². The maximum atomic E-state index is 13.3. The highest BCUT2D eigenvalue weighted by atomic mass is 35.5. The minimum atomic E-state index is -0.283. The zero-order valence-corrected chi connectivity index (χ0v) is 9.52. The van der Waals surface area contributed by atoms with Crippen LogP contribution in [-0.2, 0) is 0 Å². The summed E-state index contributed by atoms with van der Waals surface area (Å²) in [7, 11) is 0. The smallest absolute Gasteiger partial charge is 0.131 e. The number of hydrogen-bond acceptors (Lipinski definition) is 1. The van der Waals surface area contributed by atoms with Crippen LogP contribution in [0.2, 0.25) is 5.02 Å². The molecule has 0 heterocycles. The summed E-state index contributed by atoms with van der Waals surface area (Å²) in [5, 5.41) is 3.63. The van der Waals surface area contributed by atoms with Gasteiger partial charge < -0.3 is 5.32 Å². The number of rotatable bonds is 5. The zero-order chi connectivity index (χ0) is 11.1. The van der Waals surface area contributed by atoms with Crippen molar-refractivity contribution in [2.75, 3.05) is 13.1 Å². The first-order chi connectivity index (χ1) is 7.24. The van der Waals surface area contributed by atoms with Crippen LogP contribution in [0.1, 0.15) is 18.9 Å². The van der Waals surface area contributed by atoms with E-state index in [0.717, 1.165) is 19.5 Å². The molecule has 1 N–H and O–H groups in total. The molecule has 1 aromatic rings. The quantitative estimate of drug-likeness (QED) is 0.760. The minimum absolute atomic E-state index is 0.283. The van der Waals surface area contributed by atoms with Gasteiger partial charge in [0.25, 0.3) is 0 Å². The molecule has 0 saturated heterocycles. The number of benzene rings is 1. The van der Waals surface area contributed by atoms with Gasteiger partial charge in [0.2, 0.25) is 0 Å². The lowest BCUT2D eigenvalue weighted by Gasteiger charge is -1.98. The summed E-state index contributed by atoms with van der Waals surface area (Å²) in [5.74, 6) is -0.283. The molecule has 0 fully saturated rings. The van der Waals surface area contributed by atoms with Crippen molar-refractivity contribution in [3.8, 4) is 0 Å². The topological polar surface area (TPSA) is 12.0 Å². The Labute approximate surface area is 95.0 Å². The van der Waals surface area contributed by atoms with Gasteiger partial charge in [0, 0.05) is 17.1 Å². The number of hydrogen-bond donors (Lipinski definition) is 1. The van der Waals surface area contributed by atoms with E-state index < -0.39 is 0 Å². The van der Waals surface area contributed by atoms with Gasteiger partial charge in [0.15, 0.2) is 0 Å². The van der Waals surface area contributed by atoms with Crippen molar-refractivity contribution in [2.45, 2.75) is 13.3 Å². The van der Waals surface area contributed by atoms with Gasteiger partial charge in [-0.1, -0.05) is 36.7 Å². The molecule has 0 aliphatic heterocycles. The third-order valence-electron chi connectivity index (χ3n) is 1.95. The lowest BCUT2D eigenvalue weighted by molar-refractivity contribution is 0.625. The molecule has 3 heteroatoms. The second kappa shape index (κ2) is 6.59. The number of nitrogens with one attached hydrogen (secondary N) is 1. The Morgan fingerprint density at radius 2 is 2.27 bits per heavy atom. The molecular formula is C12H15ClFN. The Balaban J connectivity index is 2.49. The summed E-state index contributed by atoms with van der Waals surface area (Å²) in [6.07, 6.45) is 4.76. The minimum Gasteiger partial charge on any atom is -0.313 e. The van der Waals surface area contributed by atoms with Crippen LogP contribution in [0.3, 0.4) is 0 Å². The van der Waals surface area contributed by atoms with Crippen molar-refractivity contribution in [1.29, 1.82) is 0 Å². The predicted octanol–water partition coefficient (Wildman–Crippen LogP) is 3.49. The lowest BCUT2D eigenvalue weighted by atomic mass is 10.2. The molecule has 15 heavy (non-hydrogen) atoms. The van der Waals surface area contributed by atoms with E-state index in [4.69, 9.17) is 11.6 Å². The first-order valence-corrected chi connectivity index (χ1v) is 5.44. The molecule has 1 aromatic carbocycles. The van der Waals surface area contributed by atoms with Crippen molar-refractivity contribution in [3.63, 3.8) is 0 Å². The third-order valence-corrected chi connectivity index (χ3v) is 2.18. The SMILES string of the molecule is CCCNC/C=C/c1ccc(Cl)cc1F. The van der Waals surface area contributed by atoms with Crippen LogP contribution >= 0.6 is 11.6 Å². The first kappa shape index (κ1) is 12.2. The lowest BCUT2D eigenvalue weighted by Crippen LogP contribution is -2.13. The van der Waals surface area contributed by atoms with Gasteiger partial charge in [-0.2, -0.15) is 0 Å². The van der Waals surface area contributed by atoms with E-state index in [-0.39, 0.29) is 5.82 Å². The molecular weight excluding hydrogens is 213 g/mol. The second-order valence-corrected chi connectivity index (χ2v) is 3.71. The molecule has 0 radical (unpaired) electrons.